The first-order chi connectivity index (χ1) is 6.22. The van der Waals surface area contributed by atoms with Crippen molar-refractivity contribution < 1.29 is 9.90 Å². The molecule has 1 amide bonds. The van der Waals surface area contributed by atoms with Gasteiger partial charge in [-0.1, -0.05) is 0 Å². The Bertz CT molecular complexity index is 363. The Kier molecular flexibility index (Phi) is 1.70. The van der Waals surface area contributed by atoms with Gasteiger partial charge in [-0.15, -0.1) is 0 Å². The highest BCUT2D eigenvalue weighted by molar-refractivity contribution is 5.99. The fourth-order valence-electron chi connectivity index (χ4n) is 1.43. The van der Waals surface area contributed by atoms with E-state index in [0.29, 0.717) is 11.1 Å². The molecule has 0 radical (unpaired) electrons. The highest BCUT2D eigenvalue weighted by Gasteiger charge is 2.26. The molecule has 1 heterocycles. The molecular formula is C9H10N2O2. The van der Waals surface area contributed by atoms with Crippen LogP contribution in [0.5, 0.6) is 0 Å². The summed E-state index contributed by atoms with van der Waals surface area (Å²) in [5.41, 5.74) is 2.07. The van der Waals surface area contributed by atoms with Gasteiger partial charge in [0, 0.05) is 23.9 Å². The third-order valence-electron chi connectivity index (χ3n) is 2.15. The van der Waals surface area contributed by atoms with Crippen molar-refractivity contribution in [1.82, 2.24) is 5.32 Å². The molecule has 2 rings (SSSR count). The van der Waals surface area contributed by atoms with E-state index in [-0.39, 0.29) is 5.91 Å². The molecule has 0 aromatic heterocycles. The van der Waals surface area contributed by atoms with E-state index >= 15 is 0 Å². The van der Waals surface area contributed by atoms with Crippen LogP contribution in [0.3, 0.4) is 0 Å². The molecule has 1 aromatic rings. The lowest BCUT2D eigenvalue weighted by atomic mass is 10.1. The fraction of sp³-hybridized carbons (Fsp3) is 0.222. The number of nitrogens with one attached hydrogen (secondary N) is 2. The molecule has 0 saturated carbocycles. The molecule has 4 nitrogen and oxygen atoms in total. The molecule has 1 aromatic carbocycles. The normalized spacial score (nSPS) is 19.5. The van der Waals surface area contributed by atoms with E-state index in [1.54, 1.807) is 25.2 Å². The van der Waals surface area contributed by atoms with Gasteiger partial charge < -0.3 is 15.7 Å². The van der Waals surface area contributed by atoms with Crippen LogP contribution >= 0.6 is 0 Å². The van der Waals surface area contributed by atoms with E-state index in [2.05, 4.69) is 10.6 Å². The zero-order chi connectivity index (χ0) is 9.42. The van der Waals surface area contributed by atoms with Crippen molar-refractivity contribution in [2.24, 2.45) is 0 Å². The van der Waals surface area contributed by atoms with Gasteiger partial charge in [0.2, 0.25) is 0 Å². The molecule has 1 unspecified atom stereocenters. The predicted molar refractivity (Wildman–Crippen MR) is 48.4 cm³/mol. The van der Waals surface area contributed by atoms with Gasteiger partial charge in [0.1, 0.15) is 0 Å². The SMILES string of the molecule is CNc1ccc2c(c1)C(O)NC2=O. The van der Waals surface area contributed by atoms with E-state index in [1.807, 2.05) is 0 Å². The Labute approximate surface area is 75.6 Å². The molecule has 1 atom stereocenters. The molecule has 0 aliphatic carbocycles. The first-order valence-electron chi connectivity index (χ1n) is 4.03. The summed E-state index contributed by atoms with van der Waals surface area (Å²) in [4.78, 5) is 11.2. The quantitative estimate of drug-likeness (QED) is 0.585. The summed E-state index contributed by atoms with van der Waals surface area (Å²) in [7, 11) is 1.79. The lowest BCUT2D eigenvalue weighted by Gasteiger charge is -2.04. The Balaban J connectivity index is 2.52. The number of hydrogen-bond donors (Lipinski definition) is 3. The van der Waals surface area contributed by atoms with E-state index in [9.17, 15) is 9.90 Å². The number of aliphatic hydroxyl groups is 1. The molecule has 4 heteroatoms. The number of carbonyl (C=O) groups excluding carboxylic acids is 1. The molecule has 0 bridgehead atoms. The summed E-state index contributed by atoms with van der Waals surface area (Å²) in [5.74, 6) is -0.217. The molecule has 0 saturated heterocycles. The van der Waals surface area contributed by atoms with Crippen LogP contribution in [0.2, 0.25) is 0 Å². The maximum absolute atomic E-state index is 11.2. The minimum atomic E-state index is -0.865. The van der Waals surface area contributed by atoms with Crippen LogP contribution in [-0.2, 0) is 0 Å². The van der Waals surface area contributed by atoms with Crippen LogP contribution in [0.15, 0.2) is 18.2 Å². The largest absolute Gasteiger partial charge is 0.388 e. The van der Waals surface area contributed by atoms with Gasteiger partial charge in [0.05, 0.1) is 0 Å². The van der Waals surface area contributed by atoms with Gasteiger partial charge in [-0.05, 0) is 18.2 Å². The Hall–Kier alpha value is -1.55. The average Bonchev–Trinajstić information content (AvgIpc) is 2.42. The minimum Gasteiger partial charge on any atom is -0.388 e. The standard InChI is InChI=1S/C9H10N2O2/c1-10-5-2-3-6-7(4-5)9(13)11-8(6)12/h2-4,9-10,13H,1H3,(H,11,12). The number of benzene rings is 1. The molecule has 0 spiro atoms. The number of anilines is 1. The summed E-state index contributed by atoms with van der Waals surface area (Å²) in [6, 6.07) is 5.26. The first kappa shape index (κ1) is 8.07. The number of carbonyl (C=O) groups is 1. The summed E-state index contributed by atoms with van der Waals surface area (Å²) >= 11 is 0. The zero-order valence-electron chi connectivity index (χ0n) is 7.16. The highest BCUT2D eigenvalue weighted by atomic mass is 16.3. The number of aliphatic hydroxyl groups excluding tert-OH is 1. The second-order valence-corrected chi connectivity index (χ2v) is 2.93. The van der Waals surface area contributed by atoms with Gasteiger partial charge in [0.25, 0.3) is 5.91 Å². The zero-order valence-corrected chi connectivity index (χ0v) is 7.16. The molecule has 0 fully saturated rings. The van der Waals surface area contributed by atoms with Gasteiger partial charge in [-0.2, -0.15) is 0 Å². The number of fused-ring (bicyclic) bond motifs is 1. The lowest BCUT2D eigenvalue weighted by molar-refractivity contribution is 0.0850. The van der Waals surface area contributed by atoms with Crippen LogP contribution in [0.25, 0.3) is 0 Å². The molecular weight excluding hydrogens is 168 g/mol. The van der Waals surface area contributed by atoms with Crippen LogP contribution in [-0.4, -0.2) is 18.1 Å². The highest BCUT2D eigenvalue weighted by Crippen LogP contribution is 2.25. The van der Waals surface area contributed by atoms with E-state index in [0.717, 1.165) is 5.69 Å². The van der Waals surface area contributed by atoms with Crippen molar-refractivity contribution in [3.63, 3.8) is 0 Å². The van der Waals surface area contributed by atoms with Crippen LogP contribution in [0.1, 0.15) is 22.1 Å². The van der Waals surface area contributed by atoms with Crippen molar-refractivity contribution in [3.05, 3.63) is 29.3 Å². The van der Waals surface area contributed by atoms with Gasteiger partial charge >= 0.3 is 0 Å². The summed E-state index contributed by atoms with van der Waals surface area (Å²) < 4.78 is 0. The molecule has 3 N–H and O–H groups in total. The van der Waals surface area contributed by atoms with Gasteiger partial charge in [-0.25, -0.2) is 0 Å². The average molecular weight is 178 g/mol. The summed E-state index contributed by atoms with van der Waals surface area (Å²) in [6.45, 7) is 0. The lowest BCUT2D eigenvalue weighted by Crippen LogP contribution is -2.17. The maximum Gasteiger partial charge on any atom is 0.253 e. The predicted octanol–water partition coefficient (Wildman–Crippen LogP) is 0.463. The van der Waals surface area contributed by atoms with Gasteiger partial charge in [0.15, 0.2) is 6.23 Å². The topological polar surface area (TPSA) is 61.4 Å². The number of hydrogen-bond acceptors (Lipinski definition) is 3. The molecule has 1 aliphatic rings. The Morgan fingerprint density at radius 1 is 1.54 bits per heavy atom. The molecule has 13 heavy (non-hydrogen) atoms. The fourth-order valence-corrected chi connectivity index (χ4v) is 1.43. The minimum absolute atomic E-state index is 0.217. The first-order valence-corrected chi connectivity index (χ1v) is 4.03. The smallest absolute Gasteiger partial charge is 0.253 e. The molecule has 1 aliphatic heterocycles. The van der Waals surface area contributed by atoms with Crippen molar-refractivity contribution in [2.45, 2.75) is 6.23 Å². The van der Waals surface area contributed by atoms with Crippen LogP contribution in [0, 0.1) is 0 Å². The summed E-state index contributed by atoms with van der Waals surface area (Å²) in [5, 5.41) is 14.8. The maximum atomic E-state index is 11.2. The number of amides is 1. The van der Waals surface area contributed by atoms with Crippen molar-refractivity contribution in [2.75, 3.05) is 12.4 Å². The Morgan fingerprint density at radius 3 is 3.00 bits per heavy atom. The van der Waals surface area contributed by atoms with Gasteiger partial charge in [-0.3, -0.25) is 4.79 Å². The van der Waals surface area contributed by atoms with Crippen molar-refractivity contribution >= 4 is 11.6 Å². The third-order valence-corrected chi connectivity index (χ3v) is 2.15. The third kappa shape index (κ3) is 1.15. The van der Waals surface area contributed by atoms with Crippen molar-refractivity contribution in [3.8, 4) is 0 Å². The van der Waals surface area contributed by atoms with Crippen LogP contribution in [0.4, 0.5) is 5.69 Å². The van der Waals surface area contributed by atoms with E-state index in [4.69, 9.17) is 0 Å². The van der Waals surface area contributed by atoms with Crippen LogP contribution < -0.4 is 10.6 Å². The van der Waals surface area contributed by atoms with E-state index in [1.165, 1.54) is 0 Å². The van der Waals surface area contributed by atoms with Crippen molar-refractivity contribution in [1.29, 1.82) is 0 Å². The number of rotatable bonds is 1. The monoisotopic (exact) mass is 178 g/mol. The Morgan fingerprint density at radius 2 is 2.31 bits per heavy atom. The summed E-state index contributed by atoms with van der Waals surface area (Å²) in [6.07, 6.45) is -0.865. The second kappa shape index (κ2) is 2.74. The second-order valence-electron chi connectivity index (χ2n) is 2.93. The molecule has 68 valence electrons. The van der Waals surface area contributed by atoms with E-state index < -0.39 is 6.23 Å².